The minimum Gasteiger partial charge on any atom is -0.434 e. The van der Waals surface area contributed by atoms with Crippen molar-refractivity contribution in [3.05, 3.63) is 60.7 Å². The topological polar surface area (TPSA) is 48.0 Å². The molecule has 1 aliphatic rings. The summed E-state index contributed by atoms with van der Waals surface area (Å²) >= 11 is 0. The van der Waals surface area contributed by atoms with Crippen LogP contribution in [-0.2, 0) is 18.8 Å². The molecule has 0 radical (unpaired) electrons. The molecule has 0 unspecified atom stereocenters. The van der Waals surface area contributed by atoms with Crippen LogP contribution in [0.3, 0.4) is 0 Å². The van der Waals surface area contributed by atoms with Crippen molar-refractivity contribution >= 4 is 24.7 Å². The molecule has 0 bridgehead atoms. The van der Waals surface area contributed by atoms with Crippen molar-refractivity contribution in [3.63, 3.8) is 0 Å². The Morgan fingerprint density at radius 3 is 2.03 bits per heavy atom. The third-order valence-electron chi connectivity index (χ3n) is 5.47. The summed E-state index contributed by atoms with van der Waals surface area (Å²) in [6.45, 7) is 8.68. The number of benzene rings is 2. The standard InChI is InChI=1S/C23H31NO4Si/c1-18(25)27-22-16-19(24(5)28-22)17-26-29(23(2,3)4,20-12-8-6-9-13-20)21-14-10-7-11-15-21/h6-15,19,22H,16-17H2,1-5H3/t19-,22-/m1/s1. The number of hydrogen-bond acceptors (Lipinski definition) is 5. The fourth-order valence-electron chi connectivity index (χ4n) is 4.10. The Labute approximate surface area is 174 Å². The van der Waals surface area contributed by atoms with Crippen molar-refractivity contribution in [3.8, 4) is 0 Å². The number of ether oxygens (including phenoxy) is 1. The molecule has 0 amide bonds. The second kappa shape index (κ2) is 8.79. The van der Waals surface area contributed by atoms with E-state index in [9.17, 15) is 4.79 Å². The second-order valence-corrected chi connectivity index (χ2v) is 12.9. The van der Waals surface area contributed by atoms with Crippen molar-refractivity contribution in [2.75, 3.05) is 13.7 Å². The zero-order valence-corrected chi connectivity index (χ0v) is 18.9. The van der Waals surface area contributed by atoms with Crippen molar-refractivity contribution < 1.29 is 18.8 Å². The quantitative estimate of drug-likeness (QED) is 0.538. The van der Waals surface area contributed by atoms with Gasteiger partial charge in [0.2, 0.25) is 6.29 Å². The Morgan fingerprint density at radius 2 is 1.59 bits per heavy atom. The highest BCUT2D eigenvalue weighted by atomic mass is 28.4. The second-order valence-electron chi connectivity index (χ2n) is 8.55. The molecular weight excluding hydrogens is 382 g/mol. The molecule has 1 fully saturated rings. The molecule has 0 aromatic heterocycles. The number of hydrogen-bond donors (Lipinski definition) is 0. The van der Waals surface area contributed by atoms with Crippen LogP contribution in [0.4, 0.5) is 0 Å². The molecular formula is C23H31NO4Si. The Kier molecular flexibility index (Phi) is 6.58. The van der Waals surface area contributed by atoms with Crippen LogP contribution in [0.1, 0.15) is 34.1 Å². The van der Waals surface area contributed by atoms with Crippen LogP contribution >= 0.6 is 0 Å². The Balaban J connectivity index is 1.93. The van der Waals surface area contributed by atoms with Gasteiger partial charge in [-0.3, -0.25) is 9.63 Å². The van der Waals surface area contributed by atoms with E-state index in [1.54, 1.807) is 5.06 Å². The molecule has 1 heterocycles. The summed E-state index contributed by atoms with van der Waals surface area (Å²) in [5.41, 5.74) is 0. The van der Waals surface area contributed by atoms with Crippen LogP contribution in [0.5, 0.6) is 0 Å². The van der Waals surface area contributed by atoms with Gasteiger partial charge in [-0.2, -0.15) is 5.06 Å². The Hall–Kier alpha value is -1.99. The van der Waals surface area contributed by atoms with E-state index in [0.29, 0.717) is 13.0 Å². The van der Waals surface area contributed by atoms with Gasteiger partial charge in [0.05, 0.1) is 12.6 Å². The summed E-state index contributed by atoms with van der Waals surface area (Å²) in [4.78, 5) is 17.0. The number of esters is 1. The zero-order valence-electron chi connectivity index (χ0n) is 17.9. The molecule has 5 nitrogen and oxygen atoms in total. The molecule has 6 heteroatoms. The zero-order chi connectivity index (χ0) is 21.1. The van der Waals surface area contributed by atoms with E-state index >= 15 is 0 Å². The lowest BCUT2D eigenvalue weighted by molar-refractivity contribution is -0.226. The van der Waals surface area contributed by atoms with E-state index < -0.39 is 14.6 Å². The van der Waals surface area contributed by atoms with Crippen molar-refractivity contribution in [2.45, 2.75) is 51.5 Å². The van der Waals surface area contributed by atoms with Crippen LogP contribution in [0.2, 0.25) is 5.04 Å². The monoisotopic (exact) mass is 413 g/mol. The molecule has 0 aliphatic carbocycles. The van der Waals surface area contributed by atoms with Gasteiger partial charge in [0.15, 0.2) is 0 Å². The average Bonchev–Trinajstić information content (AvgIpc) is 3.01. The lowest BCUT2D eigenvalue weighted by Crippen LogP contribution is -2.67. The summed E-state index contributed by atoms with van der Waals surface area (Å²) < 4.78 is 12.2. The number of nitrogens with zero attached hydrogens (tertiary/aromatic N) is 1. The van der Waals surface area contributed by atoms with Crippen LogP contribution in [0.25, 0.3) is 0 Å². The van der Waals surface area contributed by atoms with E-state index in [1.807, 2.05) is 19.2 Å². The highest BCUT2D eigenvalue weighted by Gasteiger charge is 2.51. The number of rotatable bonds is 6. The highest BCUT2D eigenvalue weighted by Crippen LogP contribution is 2.37. The van der Waals surface area contributed by atoms with Gasteiger partial charge in [0.1, 0.15) is 0 Å². The van der Waals surface area contributed by atoms with Crippen molar-refractivity contribution in [1.29, 1.82) is 0 Å². The minimum absolute atomic E-state index is 0.0148. The van der Waals surface area contributed by atoms with E-state index in [1.165, 1.54) is 17.3 Å². The molecule has 1 aliphatic heterocycles. The molecule has 2 atom stereocenters. The van der Waals surface area contributed by atoms with Gasteiger partial charge in [0.25, 0.3) is 8.32 Å². The van der Waals surface area contributed by atoms with Gasteiger partial charge in [0, 0.05) is 20.4 Å². The van der Waals surface area contributed by atoms with Crippen LogP contribution in [0.15, 0.2) is 60.7 Å². The van der Waals surface area contributed by atoms with E-state index in [2.05, 4.69) is 69.3 Å². The number of carbonyl (C=O) groups is 1. The fourth-order valence-corrected chi connectivity index (χ4v) is 8.69. The molecule has 29 heavy (non-hydrogen) atoms. The largest absolute Gasteiger partial charge is 0.434 e. The SMILES string of the molecule is CC(=O)O[C@H]1C[C@H](CO[Si](c2ccccc2)(c2ccccc2)C(C)(C)C)N(C)O1. The Morgan fingerprint density at radius 1 is 1.07 bits per heavy atom. The smallest absolute Gasteiger partial charge is 0.304 e. The summed E-state index contributed by atoms with van der Waals surface area (Å²) in [5.74, 6) is -0.336. The summed E-state index contributed by atoms with van der Waals surface area (Å²) in [6, 6.07) is 21.1. The number of hydroxylamine groups is 2. The molecule has 2 aromatic rings. The maximum absolute atomic E-state index is 11.3. The molecule has 0 saturated carbocycles. The highest BCUT2D eigenvalue weighted by molar-refractivity contribution is 6.99. The summed E-state index contributed by atoms with van der Waals surface area (Å²) in [5, 5.41) is 4.17. The van der Waals surface area contributed by atoms with Crippen LogP contribution < -0.4 is 10.4 Å². The van der Waals surface area contributed by atoms with Gasteiger partial charge in [-0.1, -0.05) is 81.4 Å². The normalized spacial score (nSPS) is 20.6. The minimum atomic E-state index is -2.59. The van der Waals surface area contributed by atoms with Gasteiger partial charge < -0.3 is 9.16 Å². The van der Waals surface area contributed by atoms with Crippen LogP contribution in [0, 0.1) is 0 Å². The third-order valence-corrected chi connectivity index (χ3v) is 10.5. The first-order valence-corrected chi connectivity index (χ1v) is 12.0. The fraction of sp³-hybridized carbons (Fsp3) is 0.435. The first-order valence-electron chi connectivity index (χ1n) is 10.1. The molecule has 156 valence electrons. The van der Waals surface area contributed by atoms with Crippen LogP contribution in [-0.4, -0.2) is 45.3 Å². The van der Waals surface area contributed by atoms with Crippen molar-refractivity contribution in [2.24, 2.45) is 0 Å². The molecule has 0 spiro atoms. The van der Waals surface area contributed by atoms with E-state index in [0.717, 1.165) is 0 Å². The van der Waals surface area contributed by atoms with Crippen molar-refractivity contribution in [1.82, 2.24) is 5.06 Å². The molecule has 0 N–H and O–H groups in total. The number of likely N-dealkylation sites (N-methyl/N-ethyl adjacent to an activating group) is 1. The third kappa shape index (κ3) is 4.61. The first-order chi connectivity index (χ1) is 13.7. The predicted molar refractivity (Wildman–Crippen MR) is 116 cm³/mol. The van der Waals surface area contributed by atoms with E-state index in [-0.39, 0.29) is 17.0 Å². The maximum atomic E-state index is 11.3. The predicted octanol–water partition coefficient (Wildman–Crippen LogP) is 3.09. The van der Waals surface area contributed by atoms with Gasteiger partial charge >= 0.3 is 5.97 Å². The van der Waals surface area contributed by atoms with Gasteiger partial charge in [-0.15, -0.1) is 0 Å². The first kappa shape index (κ1) is 21.7. The summed E-state index contributed by atoms with van der Waals surface area (Å²) in [6.07, 6.45) is 0.0409. The van der Waals surface area contributed by atoms with E-state index in [4.69, 9.17) is 14.0 Å². The average molecular weight is 414 g/mol. The Bertz CT molecular complexity index is 767. The lowest BCUT2D eigenvalue weighted by atomic mass is 10.2. The number of carbonyl (C=O) groups excluding carboxylic acids is 1. The molecule has 1 saturated heterocycles. The lowest BCUT2D eigenvalue weighted by Gasteiger charge is -2.43. The van der Waals surface area contributed by atoms with Gasteiger partial charge in [-0.05, 0) is 15.4 Å². The van der Waals surface area contributed by atoms with Gasteiger partial charge in [-0.25, -0.2) is 0 Å². The molecule has 3 rings (SSSR count). The molecule has 2 aromatic carbocycles. The maximum Gasteiger partial charge on any atom is 0.304 e. The summed E-state index contributed by atoms with van der Waals surface area (Å²) in [7, 11) is -0.726.